The van der Waals surface area contributed by atoms with Crippen LogP contribution in [0.3, 0.4) is 0 Å². The number of H-pyrrole nitrogens is 1. The van der Waals surface area contributed by atoms with Crippen molar-refractivity contribution in [3.8, 4) is 22.9 Å². The van der Waals surface area contributed by atoms with Gasteiger partial charge in [-0.1, -0.05) is 11.8 Å². The van der Waals surface area contributed by atoms with Crippen LogP contribution in [-0.4, -0.2) is 34.2 Å². The van der Waals surface area contributed by atoms with Gasteiger partial charge in [0.2, 0.25) is 5.91 Å². The van der Waals surface area contributed by atoms with E-state index in [0.717, 1.165) is 36.9 Å². The zero-order valence-corrected chi connectivity index (χ0v) is 20.9. The standard InChI is InChI=1S/C25H25N3O5S2/c1-2-31-24(30)20-15-7-3-4-10-18(15)35-23(20)26-19(29)11-14-34-25-27-21(16-8-5-12-32-16)22(28-25)17-9-6-13-33-17/h5-6,8-9,12-13H,2-4,7,10-11,14H2,1H3,(H,26,29)(H,27,28). The van der Waals surface area contributed by atoms with Gasteiger partial charge in [-0.05, 0) is 62.4 Å². The van der Waals surface area contributed by atoms with Crippen molar-refractivity contribution >= 4 is 40.0 Å². The number of fused-ring (bicyclic) bond motifs is 1. The highest BCUT2D eigenvalue weighted by Gasteiger charge is 2.27. The second-order valence-corrected chi connectivity index (χ2v) is 10.2. The SMILES string of the molecule is CCOC(=O)c1c(NC(=O)CCSc2nc(-c3ccco3)c(-c3ccco3)[nH]2)sc2c1CCCC2. The number of hydrogen-bond donors (Lipinski definition) is 2. The van der Waals surface area contributed by atoms with E-state index in [1.54, 1.807) is 25.5 Å². The highest BCUT2D eigenvalue weighted by Crippen LogP contribution is 2.39. The van der Waals surface area contributed by atoms with E-state index in [1.165, 1.54) is 28.0 Å². The number of imidazole rings is 1. The average molecular weight is 512 g/mol. The Balaban J connectivity index is 1.26. The molecule has 4 aromatic rings. The number of thiophene rings is 1. The van der Waals surface area contributed by atoms with Crippen molar-refractivity contribution in [2.24, 2.45) is 0 Å². The Labute approximate surface area is 210 Å². The maximum Gasteiger partial charge on any atom is 0.341 e. The number of aryl methyl sites for hydroxylation is 1. The van der Waals surface area contributed by atoms with Gasteiger partial charge < -0.3 is 23.9 Å². The number of thioether (sulfide) groups is 1. The molecule has 0 saturated heterocycles. The van der Waals surface area contributed by atoms with Crippen LogP contribution in [0.2, 0.25) is 0 Å². The predicted octanol–water partition coefficient (Wildman–Crippen LogP) is 6.17. The molecule has 35 heavy (non-hydrogen) atoms. The predicted molar refractivity (Wildman–Crippen MR) is 135 cm³/mol. The Morgan fingerprint density at radius 1 is 1.17 bits per heavy atom. The molecule has 5 rings (SSSR count). The highest BCUT2D eigenvalue weighted by atomic mass is 32.2. The van der Waals surface area contributed by atoms with E-state index in [4.69, 9.17) is 13.6 Å². The van der Waals surface area contributed by atoms with E-state index in [0.29, 0.717) is 45.3 Å². The third-order valence-electron chi connectivity index (χ3n) is 5.68. The Morgan fingerprint density at radius 2 is 1.94 bits per heavy atom. The molecule has 1 aliphatic rings. The summed E-state index contributed by atoms with van der Waals surface area (Å²) in [6, 6.07) is 7.31. The number of aromatic amines is 1. The molecule has 0 bridgehead atoms. The largest absolute Gasteiger partial charge is 0.463 e. The van der Waals surface area contributed by atoms with Crippen LogP contribution in [0.5, 0.6) is 0 Å². The normalized spacial score (nSPS) is 12.9. The van der Waals surface area contributed by atoms with E-state index in [2.05, 4.69) is 15.3 Å². The number of nitrogens with one attached hydrogen (secondary N) is 2. The van der Waals surface area contributed by atoms with Crippen molar-refractivity contribution in [2.45, 2.75) is 44.2 Å². The number of amides is 1. The molecule has 0 aliphatic heterocycles. The van der Waals surface area contributed by atoms with Gasteiger partial charge in [0.15, 0.2) is 16.7 Å². The monoisotopic (exact) mass is 511 g/mol. The van der Waals surface area contributed by atoms with Crippen molar-refractivity contribution in [3.63, 3.8) is 0 Å². The molecule has 0 atom stereocenters. The molecule has 182 valence electrons. The number of carbonyl (C=O) groups is 2. The van der Waals surface area contributed by atoms with Gasteiger partial charge in [0.1, 0.15) is 16.4 Å². The summed E-state index contributed by atoms with van der Waals surface area (Å²) in [5, 5.41) is 4.22. The lowest BCUT2D eigenvalue weighted by Gasteiger charge is -2.12. The molecule has 4 aromatic heterocycles. The number of nitrogens with zero attached hydrogens (tertiary/aromatic N) is 1. The number of anilines is 1. The average Bonchev–Trinajstić information content (AvgIpc) is 3.65. The molecular formula is C25H25N3O5S2. The zero-order valence-electron chi connectivity index (χ0n) is 19.2. The fourth-order valence-electron chi connectivity index (χ4n) is 4.11. The molecule has 2 N–H and O–H groups in total. The van der Waals surface area contributed by atoms with Crippen LogP contribution >= 0.6 is 23.1 Å². The molecule has 0 aromatic carbocycles. The molecule has 0 unspecified atom stereocenters. The Morgan fingerprint density at radius 3 is 2.69 bits per heavy atom. The summed E-state index contributed by atoms with van der Waals surface area (Å²) in [4.78, 5) is 34.5. The van der Waals surface area contributed by atoms with Crippen molar-refractivity contribution in [2.75, 3.05) is 17.7 Å². The maximum absolute atomic E-state index is 12.8. The first-order valence-electron chi connectivity index (χ1n) is 11.6. The van der Waals surface area contributed by atoms with Crippen LogP contribution in [-0.2, 0) is 22.4 Å². The molecule has 0 saturated carbocycles. The number of ether oxygens (including phenoxy) is 1. The van der Waals surface area contributed by atoms with Crippen LogP contribution in [0.1, 0.15) is 47.0 Å². The summed E-state index contributed by atoms with van der Waals surface area (Å²) in [7, 11) is 0. The Bertz CT molecular complexity index is 1250. The molecule has 10 heteroatoms. The van der Waals surface area contributed by atoms with Gasteiger partial charge in [0, 0.05) is 17.1 Å². The van der Waals surface area contributed by atoms with Gasteiger partial charge >= 0.3 is 5.97 Å². The Hall–Kier alpha value is -3.24. The minimum absolute atomic E-state index is 0.147. The lowest BCUT2D eigenvalue weighted by atomic mass is 9.95. The zero-order chi connectivity index (χ0) is 24.2. The summed E-state index contributed by atoms with van der Waals surface area (Å²) < 4.78 is 16.3. The van der Waals surface area contributed by atoms with Crippen molar-refractivity contribution in [1.29, 1.82) is 0 Å². The number of hydrogen-bond acceptors (Lipinski definition) is 8. The molecular weight excluding hydrogens is 486 g/mol. The first-order chi connectivity index (χ1) is 17.1. The van der Waals surface area contributed by atoms with Gasteiger partial charge in [-0.3, -0.25) is 4.79 Å². The van der Waals surface area contributed by atoms with Gasteiger partial charge in [0.25, 0.3) is 0 Å². The molecule has 1 aliphatic carbocycles. The third kappa shape index (κ3) is 5.08. The van der Waals surface area contributed by atoms with E-state index < -0.39 is 0 Å². The van der Waals surface area contributed by atoms with Crippen molar-refractivity contribution < 1.29 is 23.2 Å². The molecule has 1 amide bonds. The summed E-state index contributed by atoms with van der Waals surface area (Å²) in [6.07, 6.45) is 7.40. The second-order valence-electron chi connectivity index (χ2n) is 8.00. The van der Waals surface area contributed by atoms with Gasteiger partial charge in [0.05, 0.1) is 24.7 Å². The van der Waals surface area contributed by atoms with Crippen molar-refractivity contribution in [1.82, 2.24) is 9.97 Å². The van der Waals surface area contributed by atoms with Crippen LogP contribution in [0, 0.1) is 0 Å². The maximum atomic E-state index is 12.8. The smallest absolute Gasteiger partial charge is 0.341 e. The highest BCUT2D eigenvalue weighted by molar-refractivity contribution is 7.99. The summed E-state index contributed by atoms with van der Waals surface area (Å²) in [6.45, 7) is 2.09. The summed E-state index contributed by atoms with van der Waals surface area (Å²) in [5.74, 6) is 1.29. The lowest BCUT2D eigenvalue weighted by molar-refractivity contribution is -0.115. The number of furan rings is 2. The fourth-order valence-corrected chi connectivity index (χ4v) is 6.22. The second kappa shape index (κ2) is 10.6. The molecule has 0 spiro atoms. The quantitative estimate of drug-likeness (QED) is 0.204. The number of esters is 1. The molecule has 0 fully saturated rings. The van der Waals surface area contributed by atoms with Gasteiger partial charge in [-0.2, -0.15) is 0 Å². The van der Waals surface area contributed by atoms with Gasteiger partial charge in [-0.15, -0.1) is 11.3 Å². The van der Waals surface area contributed by atoms with E-state index >= 15 is 0 Å². The molecule has 8 nitrogen and oxygen atoms in total. The minimum atomic E-state index is -0.358. The van der Waals surface area contributed by atoms with E-state index in [9.17, 15) is 9.59 Å². The van der Waals surface area contributed by atoms with E-state index in [1.807, 2.05) is 18.2 Å². The third-order valence-corrected chi connectivity index (χ3v) is 7.76. The van der Waals surface area contributed by atoms with Crippen molar-refractivity contribution in [3.05, 3.63) is 52.8 Å². The summed E-state index contributed by atoms with van der Waals surface area (Å²) >= 11 is 2.93. The topological polar surface area (TPSA) is 110 Å². The van der Waals surface area contributed by atoms with Crippen LogP contribution in [0.25, 0.3) is 22.9 Å². The first kappa shape index (κ1) is 23.5. The molecule has 0 radical (unpaired) electrons. The summed E-state index contributed by atoms with van der Waals surface area (Å²) in [5.41, 5.74) is 2.95. The number of carbonyl (C=O) groups excluding carboxylic acids is 2. The number of aromatic nitrogens is 2. The van der Waals surface area contributed by atoms with Crippen LogP contribution in [0.4, 0.5) is 5.00 Å². The van der Waals surface area contributed by atoms with Crippen LogP contribution in [0.15, 0.2) is 50.8 Å². The Kier molecular flexibility index (Phi) is 7.10. The fraction of sp³-hybridized carbons (Fsp3) is 0.320. The molecule has 4 heterocycles. The lowest BCUT2D eigenvalue weighted by Crippen LogP contribution is -2.16. The van der Waals surface area contributed by atoms with E-state index in [-0.39, 0.29) is 18.3 Å². The van der Waals surface area contributed by atoms with Crippen LogP contribution < -0.4 is 5.32 Å². The first-order valence-corrected chi connectivity index (χ1v) is 13.4. The van der Waals surface area contributed by atoms with Gasteiger partial charge in [-0.25, -0.2) is 9.78 Å². The minimum Gasteiger partial charge on any atom is -0.463 e. The number of rotatable bonds is 9.